The van der Waals surface area contributed by atoms with Gasteiger partial charge < -0.3 is 24.8 Å². The Labute approximate surface area is 180 Å². The number of nitrogens with zero attached hydrogens (tertiary/aromatic N) is 1. The van der Waals surface area contributed by atoms with E-state index in [2.05, 4.69) is 15.5 Å². The van der Waals surface area contributed by atoms with Crippen LogP contribution in [0.5, 0.6) is 0 Å². The van der Waals surface area contributed by atoms with Crippen LogP contribution in [0.2, 0.25) is 0 Å². The Morgan fingerprint density at radius 1 is 1.23 bits per heavy atom. The van der Waals surface area contributed by atoms with Gasteiger partial charge >= 0.3 is 5.97 Å². The summed E-state index contributed by atoms with van der Waals surface area (Å²) in [5, 5.41) is 5.71. The first-order valence-electron chi connectivity index (χ1n) is 10.3. The summed E-state index contributed by atoms with van der Waals surface area (Å²) in [7, 11) is 1.52. The molecule has 2 fully saturated rings. The first kappa shape index (κ1) is 22.7. The van der Waals surface area contributed by atoms with Gasteiger partial charge in [0.25, 0.3) is 5.91 Å². The maximum absolute atomic E-state index is 12.9. The second-order valence-electron chi connectivity index (χ2n) is 7.25. The summed E-state index contributed by atoms with van der Waals surface area (Å²) in [5.74, 6) is -1.12. The Balaban J connectivity index is 1.76. The van der Waals surface area contributed by atoms with E-state index in [1.54, 1.807) is 13.8 Å². The molecule has 9 nitrogen and oxygen atoms in total. The lowest BCUT2D eigenvalue weighted by Crippen LogP contribution is -2.50. The van der Waals surface area contributed by atoms with Crippen LogP contribution in [0.1, 0.15) is 51.8 Å². The van der Waals surface area contributed by atoms with E-state index in [0.29, 0.717) is 28.7 Å². The molecule has 0 radical (unpaired) electrons. The maximum Gasteiger partial charge on any atom is 0.341 e. The van der Waals surface area contributed by atoms with E-state index >= 15 is 0 Å². The zero-order chi connectivity index (χ0) is 21.7. The quantitative estimate of drug-likeness (QED) is 0.624. The van der Waals surface area contributed by atoms with Crippen LogP contribution < -0.4 is 10.6 Å². The Morgan fingerprint density at radius 3 is 2.63 bits per heavy atom. The number of piperidine rings is 1. The van der Waals surface area contributed by atoms with Crippen LogP contribution in [-0.2, 0) is 19.0 Å². The normalized spacial score (nSPS) is 20.2. The highest BCUT2D eigenvalue weighted by atomic mass is 32.1. The molecule has 2 aliphatic heterocycles. The van der Waals surface area contributed by atoms with Crippen LogP contribution in [0.25, 0.3) is 0 Å². The first-order valence-corrected chi connectivity index (χ1v) is 11.1. The van der Waals surface area contributed by atoms with E-state index < -0.39 is 5.97 Å². The van der Waals surface area contributed by atoms with Crippen LogP contribution in [0.4, 0.5) is 5.00 Å². The van der Waals surface area contributed by atoms with Gasteiger partial charge in [-0.15, -0.1) is 11.3 Å². The van der Waals surface area contributed by atoms with E-state index in [0.717, 1.165) is 37.1 Å². The van der Waals surface area contributed by atoms with Crippen LogP contribution in [0.15, 0.2) is 0 Å². The van der Waals surface area contributed by atoms with E-state index in [4.69, 9.17) is 14.2 Å². The van der Waals surface area contributed by atoms with Gasteiger partial charge in [-0.05, 0) is 38.8 Å². The molecule has 0 aliphatic carbocycles. The number of carbonyl (C=O) groups excluding carboxylic acids is 3. The number of hydrogen-bond acceptors (Lipinski definition) is 8. The zero-order valence-electron chi connectivity index (χ0n) is 17.6. The third-order valence-electron chi connectivity index (χ3n) is 5.29. The monoisotopic (exact) mass is 439 g/mol. The summed E-state index contributed by atoms with van der Waals surface area (Å²) in [4.78, 5) is 39.9. The zero-order valence-corrected chi connectivity index (χ0v) is 18.4. The molecule has 0 bridgehead atoms. The van der Waals surface area contributed by atoms with Gasteiger partial charge in [0.15, 0.2) is 6.29 Å². The van der Waals surface area contributed by atoms with Crippen molar-refractivity contribution >= 4 is 34.1 Å². The molecule has 2 amide bonds. The summed E-state index contributed by atoms with van der Waals surface area (Å²) in [6, 6.07) is 0.0306. The second kappa shape index (κ2) is 10.3. The van der Waals surface area contributed by atoms with Crippen molar-refractivity contribution < 1.29 is 28.6 Å². The fourth-order valence-electron chi connectivity index (χ4n) is 3.85. The maximum atomic E-state index is 12.9. The molecule has 10 heteroatoms. The summed E-state index contributed by atoms with van der Waals surface area (Å²) < 4.78 is 16.5. The summed E-state index contributed by atoms with van der Waals surface area (Å²) in [5.41, 5.74) is 0.725. The predicted molar refractivity (Wildman–Crippen MR) is 112 cm³/mol. The average molecular weight is 440 g/mol. The first-order chi connectivity index (χ1) is 14.5. The van der Waals surface area contributed by atoms with Crippen molar-refractivity contribution in [3.63, 3.8) is 0 Å². The molecule has 2 aliphatic rings. The minimum absolute atomic E-state index is 0.0306. The van der Waals surface area contributed by atoms with Gasteiger partial charge in [-0.2, -0.15) is 0 Å². The summed E-state index contributed by atoms with van der Waals surface area (Å²) in [6.07, 6.45) is 2.67. The fraction of sp³-hybridized carbons (Fsp3) is 0.650. The Kier molecular flexibility index (Phi) is 7.81. The average Bonchev–Trinajstić information content (AvgIpc) is 3.36. The highest BCUT2D eigenvalue weighted by molar-refractivity contribution is 7.18. The lowest BCUT2D eigenvalue weighted by Gasteiger charge is -2.37. The lowest BCUT2D eigenvalue weighted by molar-refractivity contribution is -0.127. The van der Waals surface area contributed by atoms with Crippen molar-refractivity contribution in [2.24, 2.45) is 0 Å². The number of esters is 1. The SMILES string of the molecule is CCOC(=O)c1c(NC(=O)CN2CCCCC2C2OCCO2)sc(C(=O)NC)c1C. The number of amides is 2. The number of rotatable bonds is 7. The number of thiophene rings is 1. The van der Waals surface area contributed by atoms with Gasteiger partial charge in [0.1, 0.15) is 5.00 Å². The number of likely N-dealkylation sites (tertiary alicyclic amines) is 1. The van der Waals surface area contributed by atoms with Gasteiger partial charge in [-0.1, -0.05) is 6.42 Å². The molecule has 2 N–H and O–H groups in total. The number of carbonyl (C=O) groups is 3. The highest BCUT2D eigenvalue weighted by Crippen LogP contribution is 2.34. The van der Waals surface area contributed by atoms with E-state index in [1.165, 1.54) is 7.05 Å². The molecule has 2 saturated heterocycles. The van der Waals surface area contributed by atoms with Crippen molar-refractivity contribution in [3.05, 3.63) is 16.0 Å². The lowest BCUT2D eigenvalue weighted by atomic mass is 10.0. The van der Waals surface area contributed by atoms with Crippen LogP contribution >= 0.6 is 11.3 Å². The van der Waals surface area contributed by atoms with E-state index in [-0.39, 0.29) is 42.9 Å². The second-order valence-corrected chi connectivity index (χ2v) is 8.27. The minimum atomic E-state index is -0.555. The van der Waals surface area contributed by atoms with E-state index in [9.17, 15) is 14.4 Å². The molecule has 1 unspecified atom stereocenters. The van der Waals surface area contributed by atoms with Crippen LogP contribution in [-0.4, -0.2) is 75.0 Å². The Morgan fingerprint density at radius 2 is 1.97 bits per heavy atom. The van der Waals surface area contributed by atoms with Crippen molar-refractivity contribution in [3.8, 4) is 0 Å². The van der Waals surface area contributed by atoms with E-state index in [1.807, 2.05) is 0 Å². The van der Waals surface area contributed by atoms with Gasteiger partial charge in [0.05, 0.1) is 42.8 Å². The molecular formula is C20H29N3O6S. The Bertz CT molecular complexity index is 790. The number of ether oxygens (including phenoxy) is 3. The van der Waals surface area contributed by atoms with Gasteiger partial charge in [-0.25, -0.2) is 4.79 Å². The number of anilines is 1. The molecule has 0 spiro atoms. The number of hydrogen-bond donors (Lipinski definition) is 2. The van der Waals surface area contributed by atoms with Crippen LogP contribution in [0, 0.1) is 6.92 Å². The van der Waals surface area contributed by atoms with Crippen molar-refractivity contribution in [1.82, 2.24) is 10.2 Å². The topological polar surface area (TPSA) is 106 Å². The summed E-state index contributed by atoms with van der Waals surface area (Å²) >= 11 is 1.08. The molecule has 0 saturated carbocycles. The summed E-state index contributed by atoms with van der Waals surface area (Å²) in [6.45, 7) is 5.66. The molecule has 30 heavy (non-hydrogen) atoms. The molecule has 3 heterocycles. The Hall–Kier alpha value is -2.01. The third kappa shape index (κ3) is 5.00. The van der Waals surface area contributed by atoms with Crippen molar-refractivity contribution in [2.75, 3.05) is 45.3 Å². The van der Waals surface area contributed by atoms with Crippen LogP contribution in [0.3, 0.4) is 0 Å². The van der Waals surface area contributed by atoms with Crippen molar-refractivity contribution in [1.29, 1.82) is 0 Å². The fourth-order valence-corrected chi connectivity index (χ4v) is 5.01. The smallest absolute Gasteiger partial charge is 0.341 e. The highest BCUT2D eigenvalue weighted by Gasteiger charge is 2.35. The predicted octanol–water partition coefficient (Wildman–Crippen LogP) is 1.76. The minimum Gasteiger partial charge on any atom is -0.462 e. The molecule has 0 aromatic carbocycles. The molecule has 1 aromatic rings. The van der Waals surface area contributed by atoms with Gasteiger partial charge in [0.2, 0.25) is 5.91 Å². The molecule has 1 atom stereocenters. The number of nitrogens with one attached hydrogen (secondary N) is 2. The largest absolute Gasteiger partial charge is 0.462 e. The molecule has 166 valence electrons. The molecular weight excluding hydrogens is 410 g/mol. The molecule has 1 aromatic heterocycles. The van der Waals surface area contributed by atoms with Gasteiger partial charge in [-0.3, -0.25) is 14.5 Å². The third-order valence-corrected chi connectivity index (χ3v) is 6.49. The standard InChI is InChI=1S/C20H29N3O6S/c1-4-27-19(26)15-12(2)16(17(25)21-3)30-18(15)22-14(24)11-23-8-6-5-7-13(23)20-28-9-10-29-20/h13,20H,4-11H2,1-3H3,(H,21,25)(H,22,24). The molecule has 3 rings (SSSR count). The van der Waals surface area contributed by atoms with Crippen molar-refractivity contribution in [2.45, 2.75) is 45.4 Å². The van der Waals surface area contributed by atoms with Gasteiger partial charge in [0, 0.05) is 7.05 Å².